The molecule has 0 aliphatic heterocycles. The third-order valence-electron chi connectivity index (χ3n) is 4.51. The Kier molecular flexibility index (Phi) is 6.30. The number of benzene rings is 1. The van der Waals surface area contributed by atoms with E-state index in [1.807, 2.05) is 18.2 Å². The van der Waals surface area contributed by atoms with E-state index in [4.69, 9.17) is 4.74 Å². The quantitative estimate of drug-likeness (QED) is 0.800. The van der Waals surface area contributed by atoms with Crippen molar-refractivity contribution in [2.24, 2.45) is 5.92 Å². The van der Waals surface area contributed by atoms with Crippen molar-refractivity contribution in [1.82, 2.24) is 5.32 Å². The predicted molar refractivity (Wildman–Crippen MR) is 106 cm³/mol. The highest BCUT2D eigenvalue weighted by Crippen LogP contribution is 2.39. The van der Waals surface area contributed by atoms with Gasteiger partial charge in [0.25, 0.3) is 11.8 Å². The van der Waals surface area contributed by atoms with Gasteiger partial charge in [0.2, 0.25) is 0 Å². The van der Waals surface area contributed by atoms with Gasteiger partial charge in [0.05, 0.1) is 12.7 Å². The lowest BCUT2D eigenvalue weighted by Crippen LogP contribution is -2.32. The molecule has 1 atom stereocenters. The van der Waals surface area contributed by atoms with Gasteiger partial charge in [-0.2, -0.15) is 0 Å². The van der Waals surface area contributed by atoms with E-state index in [9.17, 15) is 14.4 Å². The number of nitrogens with one attached hydrogen (secondary N) is 2. The van der Waals surface area contributed by atoms with Gasteiger partial charge in [-0.3, -0.25) is 14.9 Å². The molecule has 1 aliphatic carbocycles. The first-order valence-corrected chi connectivity index (χ1v) is 9.81. The fourth-order valence-electron chi connectivity index (χ4n) is 3.11. The number of para-hydroxylation sites is 1. The fourth-order valence-corrected chi connectivity index (χ4v) is 4.54. The Balaban J connectivity index is 1.78. The molecule has 1 aliphatic rings. The van der Waals surface area contributed by atoms with Crippen LogP contribution in [0.15, 0.2) is 30.3 Å². The van der Waals surface area contributed by atoms with Gasteiger partial charge in [-0.15, -0.1) is 11.3 Å². The Bertz CT molecular complexity index is 878. The molecule has 0 saturated heterocycles. The minimum atomic E-state index is -0.834. The molecular formula is C20H22N2O5S. The second kappa shape index (κ2) is 8.88. The number of thiophene rings is 1. The lowest BCUT2D eigenvalue weighted by Gasteiger charge is -2.18. The number of hydrogen-bond acceptors (Lipinski definition) is 6. The standard InChI is InChI=1S/C20H22N2O5S/c1-12-8-9-14-15(10-12)28-19(17(14)18(24)22-20(25)26-2)21-16(23)11-27-13-6-4-3-5-7-13/h3-7,12H,8-11H2,1-2H3,(H,21,23)(H,22,24,25)/t12-/m0/s1. The van der Waals surface area contributed by atoms with E-state index in [1.54, 1.807) is 12.1 Å². The lowest BCUT2D eigenvalue weighted by atomic mass is 9.88. The summed E-state index contributed by atoms with van der Waals surface area (Å²) < 4.78 is 9.97. The molecule has 148 valence electrons. The van der Waals surface area contributed by atoms with Crippen molar-refractivity contribution in [3.8, 4) is 5.75 Å². The highest BCUT2D eigenvalue weighted by Gasteiger charge is 2.29. The van der Waals surface area contributed by atoms with Crippen LogP contribution in [0.3, 0.4) is 0 Å². The zero-order valence-corrected chi connectivity index (χ0v) is 16.6. The molecule has 8 heteroatoms. The highest BCUT2D eigenvalue weighted by atomic mass is 32.1. The molecule has 2 aromatic rings. The molecule has 2 N–H and O–H groups in total. The smallest absolute Gasteiger partial charge is 0.413 e. The molecule has 28 heavy (non-hydrogen) atoms. The van der Waals surface area contributed by atoms with Crippen molar-refractivity contribution in [2.45, 2.75) is 26.2 Å². The number of imide groups is 1. The molecular weight excluding hydrogens is 380 g/mol. The molecule has 0 saturated carbocycles. The van der Waals surface area contributed by atoms with E-state index in [0.29, 0.717) is 22.2 Å². The summed E-state index contributed by atoms with van der Waals surface area (Å²) in [6.07, 6.45) is 1.69. The van der Waals surface area contributed by atoms with Crippen LogP contribution in [-0.4, -0.2) is 31.6 Å². The molecule has 1 heterocycles. The number of hydrogen-bond donors (Lipinski definition) is 2. The monoisotopic (exact) mass is 402 g/mol. The summed E-state index contributed by atoms with van der Waals surface area (Å²) in [4.78, 5) is 37.5. The molecule has 0 radical (unpaired) electrons. The number of amides is 3. The molecule has 7 nitrogen and oxygen atoms in total. The molecule has 1 aromatic heterocycles. The van der Waals surface area contributed by atoms with Gasteiger partial charge in [0.15, 0.2) is 6.61 Å². The Morgan fingerprint density at radius 1 is 1.21 bits per heavy atom. The SMILES string of the molecule is COC(=O)NC(=O)c1c(NC(=O)COc2ccccc2)sc2c1CC[C@H](C)C2. The number of alkyl carbamates (subject to hydrolysis) is 1. The molecule has 1 aromatic carbocycles. The van der Waals surface area contributed by atoms with Crippen molar-refractivity contribution in [3.05, 3.63) is 46.3 Å². The van der Waals surface area contributed by atoms with Gasteiger partial charge >= 0.3 is 6.09 Å². The first-order valence-electron chi connectivity index (χ1n) is 8.99. The third kappa shape index (κ3) is 4.69. The number of rotatable bonds is 5. The highest BCUT2D eigenvalue weighted by molar-refractivity contribution is 7.17. The van der Waals surface area contributed by atoms with Crippen molar-refractivity contribution < 1.29 is 23.9 Å². The maximum Gasteiger partial charge on any atom is 0.413 e. The van der Waals surface area contributed by atoms with Crippen LogP contribution in [0.2, 0.25) is 0 Å². The van der Waals surface area contributed by atoms with Crippen molar-refractivity contribution in [3.63, 3.8) is 0 Å². The van der Waals surface area contributed by atoms with Gasteiger partial charge in [-0.05, 0) is 42.9 Å². The Labute approximate surface area is 167 Å². The molecule has 0 unspecified atom stereocenters. The van der Waals surface area contributed by atoms with Gasteiger partial charge in [0.1, 0.15) is 10.8 Å². The third-order valence-corrected chi connectivity index (χ3v) is 5.68. The second-order valence-corrected chi connectivity index (χ2v) is 7.76. The molecule has 0 spiro atoms. The second-order valence-electron chi connectivity index (χ2n) is 6.65. The van der Waals surface area contributed by atoms with E-state index in [0.717, 1.165) is 29.7 Å². The number of methoxy groups -OCH3 is 1. The Hall–Kier alpha value is -2.87. The van der Waals surface area contributed by atoms with Gasteiger partial charge in [-0.25, -0.2) is 4.79 Å². The Morgan fingerprint density at radius 2 is 1.96 bits per heavy atom. The van der Waals surface area contributed by atoms with Crippen LogP contribution < -0.4 is 15.4 Å². The molecule has 3 rings (SSSR count). The summed E-state index contributed by atoms with van der Waals surface area (Å²) in [5, 5.41) is 5.39. The predicted octanol–water partition coefficient (Wildman–Crippen LogP) is 3.39. The number of fused-ring (bicyclic) bond motifs is 1. The van der Waals surface area contributed by atoms with Crippen LogP contribution >= 0.6 is 11.3 Å². The fraction of sp³-hybridized carbons (Fsp3) is 0.350. The first-order chi connectivity index (χ1) is 13.5. The van der Waals surface area contributed by atoms with E-state index < -0.39 is 12.0 Å². The summed E-state index contributed by atoms with van der Waals surface area (Å²) in [6.45, 7) is 1.98. The molecule has 3 amide bonds. The maximum atomic E-state index is 12.6. The van der Waals surface area contributed by atoms with Crippen LogP contribution in [0.25, 0.3) is 0 Å². The van der Waals surface area contributed by atoms with E-state index in [1.165, 1.54) is 18.4 Å². The number of anilines is 1. The van der Waals surface area contributed by atoms with Crippen LogP contribution in [0.5, 0.6) is 5.75 Å². The summed E-state index contributed by atoms with van der Waals surface area (Å²) >= 11 is 1.38. The van der Waals surface area contributed by atoms with Gasteiger partial charge < -0.3 is 14.8 Å². The van der Waals surface area contributed by atoms with Crippen LogP contribution in [0.1, 0.15) is 34.1 Å². The molecule has 0 bridgehead atoms. The van der Waals surface area contributed by atoms with E-state index >= 15 is 0 Å². The summed E-state index contributed by atoms with van der Waals surface area (Å²) in [7, 11) is 1.19. The zero-order valence-electron chi connectivity index (χ0n) is 15.7. The maximum absolute atomic E-state index is 12.6. The van der Waals surface area contributed by atoms with E-state index in [-0.39, 0.29) is 12.5 Å². The minimum Gasteiger partial charge on any atom is -0.484 e. The average Bonchev–Trinajstić information content (AvgIpc) is 3.03. The number of carbonyl (C=O) groups excluding carboxylic acids is 3. The lowest BCUT2D eigenvalue weighted by molar-refractivity contribution is -0.118. The topological polar surface area (TPSA) is 93.7 Å². The average molecular weight is 402 g/mol. The largest absolute Gasteiger partial charge is 0.484 e. The zero-order chi connectivity index (χ0) is 20.1. The summed E-state index contributed by atoms with van der Waals surface area (Å²) in [5.74, 6) is 0.147. The van der Waals surface area contributed by atoms with Crippen LogP contribution in [-0.2, 0) is 22.4 Å². The van der Waals surface area contributed by atoms with E-state index in [2.05, 4.69) is 22.3 Å². The normalized spacial score (nSPS) is 15.3. The number of ether oxygens (including phenoxy) is 2. The number of carbonyl (C=O) groups is 3. The summed E-state index contributed by atoms with van der Waals surface area (Å²) in [6, 6.07) is 9.01. The Morgan fingerprint density at radius 3 is 2.68 bits per heavy atom. The van der Waals surface area contributed by atoms with Crippen LogP contribution in [0.4, 0.5) is 9.80 Å². The van der Waals surface area contributed by atoms with Crippen molar-refractivity contribution >= 4 is 34.2 Å². The molecule has 0 fully saturated rings. The van der Waals surface area contributed by atoms with Crippen LogP contribution in [0, 0.1) is 5.92 Å². The van der Waals surface area contributed by atoms with Gasteiger partial charge in [-0.1, -0.05) is 25.1 Å². The van der Waals surface area contributed by atoms with Crippen molar-refractivity contribution in [1.29, 1.82) is 0 Å². The first kappa shape index (κ1) is 19.9. The van der Waals surface area contributed by atoms with Gasteiger partial charge in [0, 0.05) is 4.88 Å². The minimum absolute atomic E-state index is 0.180. The van der Waals surface area contributed by atoms with Crippen molar-refractivity contribution in [2.75, 3.05) is 19.0 Å². The summed E-state index contributed by atoms with van der Waals surface area (Å²) in [5.41, 5.74) is 1.23.